The number of allylic oxidation sites excluding steroid dienone is 2. The van der Waals surface area contributed by atoms with Gasteiger partial charge in [-0.2, -0.15) is 26.3 Å². The van der Waals surface area contributed by atoms with Gasteiger partial charge >= 0.3 is 18.4 Å². The molecule has 1 aliphatic carbocycles. The smallest absolute Gasteiger partial charge is 0.416 e. The van der Waals surface area contributed by atoms with E-state index in [4.69, 9.17) is 16.3 Å². The van der Waals surface area contributed by atoms with Crippen LogP contribution >= 0.6 is 11.6 Å². The van der Waals surface area contributed by atoms with E-state index in [1.54, 1.807) is 45.1 Å². The summed E-state index contributed by atoms with van der Waals surface area (Å²) >= 11 is 6.36. The normalized spacial score (nSPS) is 21.9. The Morgan fingerprint density at radius 2 is 1.66 bits per heavy atom. The van der Waals surface area contributed by atoms with E-state index in [-0.39, 0.29) is 18.2 Å². The lowest BCUT2D eigenvalue weighted by atomic mass is 9.82. The first-order valence-electron chi connectivity index (χ1n) is 11.7. The van der Waals surface area contributed by atoms with Gasteiger partial charge in [-0.1, -0.05) is 29.8 Å². The Morgan fingerprint density at radius 3 is 2.16 bits per heavy atom. The predicted molar refractivity (Wildman–Crippen MR) is 129 cm³/mol. The molecule has 3 unspecified atom stereocenters. The average Bonchev–Trinajstić information content (AvgIpc) is 2.98. The first kappa shape index (κ1) is 29.6. The predicted octanol–water partition coefficient (Wildman–Crippen LogP) is 6.93. The lowest BCUT2D eigenvalue weighted by Gasteiger charge is -2.42. The number of rotatable bonds is 4. The minimum Gasteiger partial charge on any atom is -0.447 e. The van der Waals surface area contributed by atoms with Crippen molar-refractivity contribution in [3.8, 4) is 0 Å². The number of benzene rings is 1. The molecule has 0 fully saturated rings. The van der Waals surface area contributed by atoms with Crippen LogP contribution in [0.5, 0.6) is 0 Å². The molecule has 1 aromatic rings. The summed E-state index contributed by atoms with van der Waals surface area (Å²) in [6.07, 6.45) is -4.57. The van der Waals surface area contributed by atoms with Gasteiger partial charge in [0.15, 0.2) is 0 Å². The zero-order valence-corrected chi connectivity index (χ0v) is 21.8. The van der Waals surface area contributed by atoms with Crippen molar-refractivity contribution in [2.75, 3.05) is 6.54 Å². The van der Waals surface area contributed by atoms with Crippen LogP contribution in [0.4, 0.5) is 31.1 Å². The van der Waals surface area contributed by atoms with Gasteiger partial charge in [-0.3, -0.25) is 9.69 Å². The van der Waals surface area contributed by atoms with Crippen LogP contribution in [0.15, 0.2) is 53.1 Å². The molecule has 0 bridgehead atoms. The van der Waals surface area contributed by atoms with Gasteiger partial charge in [0.1, 0.15) is 0 Å². The lowest BCUT2D eigenvalue weighted by Crippen LogP contribution is -2.52. The Hall–Kier alpha value is -2.95. The number of carbonyl (C=O) groups is 2. The Labute approximate surface area is 221 Å². The highest BCUT2D eigenvalue weighted by Crippen LogP contribution is 2.39. The molecule has 0 saturated carbocycles. The SMILES string of the molecule is CC(=O)N(Cc1cc(C(F)(F)F)cc(C(F)(F)F)c1)C1C=CCN(C(=O)OC(C)C)C2C(C)=C(Cl)C=CC12. The van der Waals surface area contributed by atoms with Crippen LogP contribution in [-0.4, -0.2) is 46.5 Å². The number of nitrogens with zero attached hydrogens (tertiary/aromatic N) is 2. The number of halogens is 7. The number of hydrogen-bond acceptors (Lipinski definition) is 3. The fourth-order valence-corrected chi connectivity index (χ4v) is 4.85. The van der Waals surface area contributed by atoms with Gasteiger partial charge in [-0.05, 0) is 56.2 Å². The molecule has 0 spiro atoms. The number of hydrogen-bond donors (Lipinski definition) is 0. The van der Waals surface area contributed by atoms with Crippen molar-refractivity contribution in [1.29, 1.82) is 0 Å². The van der Waals surface area contributed by atoms with E-state index in [9.17, 15) is 35.9 Å². The maximum Gasteiger partial charge on any atom is 0.416 e. The maximum atomic E-state index is 13.4. The minimum absolute atomic E-state index is 0.0431. The highest BCUT2D eigenvalue weighted by molar-refractivity contribution is 6.31. The van der Waals surface area contributed by atoms with Crippen molar-refractivity contribution in [1.82, 2.24) is 9.80 Å². The number of alkyl halides is 6. The Kier molecular flexibility index (Phi) is 8.60. The molecule has 2 aliphatic rings. The van der Waals surface area contributed by atoms with Crippen LogP contribution < -0.4 is 0 Å². The summed E-state index contributed by atoms with van der Waals surface area (Å²) in [5.74, 6) is -1.18. The van der Waals surface area contributed by atoms with Crippen molar-refractivity contribution in [3.63, 3.8) is 0 Å². The molecule has 2 amide bonds. The van der Waals surface area contributed by atoms with Crippen molar-refractivity contribution in [3.05, 3.63) is 69.8 Å². The summed E-state index contributed by atoms with van der Waals surface area (Å²) in [4.78, 5) is 28.3. The average molecular weight is 565 g/mol. The topological polar surface area (TPSA) is 49.9 Å². The molecule has 0 N–H and O–H groups in total. The summed E-state index contributed by atoms with van der Waals surface area (Å²) in [5, 5.41) is 0.372. The molecule has 0 radical (unpaired) electrons. The van der Waals surface area contributed by atoms with Gasteiger partial charge in [0.25, 0.3) is 0 Å². The number of amides is 2. The molecule has 1 aromatic carbocycles. The van der Waals surface area contributed by atoms with Crippen molar-refractivity contribution >= 4 is 23.6 Å². The van der Waals surface area contributed by atoms with Crippen LogP contribution in [0.3, 0.4) is 0 Å². The standard InChI is InChI=1S/C26H27ClF6N2O3/c1-14(2)38-24(37)34-9-5-6-22(20-7-8-21(27)15(3)23(20)34)35(16(4)36)13-17-10-18(25(28,29)30)12-19(11-17)26(31,32)33/h5-8,10-12,14,20,22-23H,9,13H2,1-4H3. The molecular formula is C26H27ClF6N2O3. The molecule has 12 heteroatoms. The Balaban J connectivity index is 2.06. The molecule has 3 atom stereocenters. The molecule has 0 saturated heterocycles. The fourth-order valence-electron chi connectivity index (χ4n) is 4.66. The highest BCUT2D eigenvalue weighted by atomic mass is 35.5. The summed E-state index contributed by atoms with van der Waals surface area (Å²) in [7, 11) is 0. The maximum absolute atomic E-state index is 13.4. The van der Waals surface area contributed by atoms with E-state index in [2.05, 4.69) is 0 Å². The monoisotopic (exact) mass is 564 g/mol. The van der Waals surface area contributed by atoms with Gasteiger partial charge in [-0.25, -0.2) is 4.79 Å². The lowest BCUT2D eigenvalue weighted by molar-refractivity contribution is -0.143. The second-order valence-electron chi connectivity index (χ2n) is 9.48. The molecule has 208 valence electrons. The van der Waals surface area contributed by atoms with Crippen LogP contribution in [0.25, 0.3) is 0 Å². The summed E-state index contributed by atoms with van der Waals surface area (Å²) in [6.45, 7) is 5.82. The van der Waals surface area contributed by atoms with Crippen LogP contribution in [0.1, 0.15) is 44.4 Å². The van der Waals surface area contributed by atoms with E-state index in [0.29, 0.717) is 22.7 Å². The van der Waals surface area contributed by atoms with Gasteiger partial charge in [0.2, 0.25) is 5.91 Å². The van der Waals surface area contributed by atoms with Crippen molar-refractivity contribution < 1.29 is 40.7 Å². The number of ether oxygens (including phenoxy) is 1. The van der Waals surface area contributed by atoms with E-state index < -0.39 is 66.1 Å². The molecular weight excluding hydrogens is 538 g/mol. The summed E-state index contributed by atoms with van der Waals surface area (Å²) in [6, 6.07) is -0.231. The second kappa shape index (κ2) is 11.0. The first-order valence-corrected chi connectivity index (χ1v) is 12.1. The largest absolute Gasteiger partial charge is 0.447 e. The molecule has 5 nitrogen and oxygen atoms in total. The zero-order valence-electron chi connectivity index (χ0n) is 21.0. The van der Waals surface area contributed by atoms with Gasteiger partial charge in [0, 0.05) is 31.0 Å². The van der Waals surface area contributed by atoms with E-state index >= 15 is 0 Å². The zero-order chi connectivity index (χ0) is 28.6. The molecule has 0 aromatic heterocycles. The van der Waals surface area contributed by atoms with E-state index in [1.165, 1.54) is 16.7 Å². The first-order chi connectivity index (χ1) is 17.5. The molecule has 1 heterocycles. The van der Waals surface area contributed by atoms with Crippen LogP contribution in [0.2, 0.25) is 0 Å². The Morgan fingerprint density at radius 1 is 1.08 bits per heavy atom. The number of carbonyl (C=O) groups excluding carboxylic acids is 2. The third kappa shape index (κ3) is 6.54. The number of fused-ring (bicyclic) bond motifs is 1. The van der Waals surface area contributed by atoms with Gasteiger partial charge in [0.05, 0.1) is 29.3 Å². The van der Waals surface area contributed by atoms with Gasteiger partial charge < -0.3 is 9.64 Å². The second-order valence-corrected chi connectivity index (χ2v) is 9.88. The summed E-state index contributed by atoms with van der Waals surface area (Å²) < 4.78 is 85.9. The van der Waals surface area contributed by atoms with E-state index in [0.717, 1.165) is 0 Å². The fraction of sp³-hybridized carbons (Fsp3) is 0.462. The summed E-state index contributed by atoms with van der Waals surface area (Å²) in [5.41, 5.74) is -2.66. The van der Waals surface area contributed by atoms with Crippen molar-refractivity contribution in [2.45, 2.75) is 64.8 Å². The van der Waals surface area contributed by atoms with Crippen LogP contribution in [0, 0.1) is 5.92 Å². The van der Waals surface area contributed by atoms with Gasteiger partial charge in [-0.15, -0.1) is 0 Å². The Bertz CT molecular complexity index is 1140. The van der Waals surface area contributed by atoms with E-state index in [1.807, 2.05) is 0 Å². The molecule has 1 aliphatic heterocycles. The third-order valence-corrected chi connectivity index (χ3v) is 6.78. The quantitative estimate of drug-likeness (QED) is 0.294. The van der Waals surface area contributed by atoms with Crippen molar-refractivity contribution in [2.24, 2.45) is 5.92 Å². The van der Waals surface area contributed by atoms with Crippen LogP contribution in [-0.2, 0) is 28.4 Å². The molecule has 3 rings (SSSR count). The highest BCUT2D eigenvalue weighted by Gasteiger charge is 2.42. The third-order valence-electron chi connectivity index (χ3n) is 6.35. The molecule has 38 heavy (non-hydrogen) atoms. The minimum atomic E-state index is -5.02.